The van der Waals surface area contributed by atoms with Crippen molar-refractivity contribution in [2.24, 2.45) is 0 Å². The van der Waals surface area contributed by atoms with Crippen molar-refractivity contribution >= 4 is 5.91 Å². The molecule has 1 aliphatic rings. The molecule has 204 valence electrons. The molecule has 0 bridgehead atoms. The summed E-state index contributed by atoms with van der Waals surface area (Å²) in [6.07, 6.45) is 4.90. The summed E-state index contributed by atoms with van der Waals surface area (Å²) in [5.74, 6) is 0.463. The fourth-order valence-electron chi connectivity index (χ4n) is 5.15. The third-order valence-electron chi connectivity index (χ3n) is 7.40. The van der Waals surface area contributed by atoms with Gasteiger partial charge in [0.15, 0.2) is 0 Å². The Kier molecular flexibility index (Phi) is 8.95. The second-order valence-electron chi connectivity index (χ2n) is 10.2. The molecule has 3 heterocycles. The first kappa shape index (κ1) is 28.2. The van der Waals surface area contributed by atoms with Gasteiger partial charge >= 0.3 is 0 Å². The highest BCUT2D eigenvalue weighted by Crippen LogP contribution is 2.36. The van der Waals surface area contributed by atoms with Crippen LogP contribution in [0.5, 0.6) is 5.75 Å². The molecular formula is C31H37N5O3. The van der Waals surface area contributed by atoms with Crippen molar-refractivity contribution in [2.75, 3.05) is 39.9 Å². The molecule has 39 heavy (non-hydrogen) atoms. The molecule has 0 saturated carbocycles. The van der Waals surface area contributed by atoms with Crippen molar-refractivity contribution in [2.45, 2.75) is 46.6 Å². The maximum absolute atomic E-state index is 14.1. The van der Waals surface area contributed by atoms with E-state index in [1.54, 1.807) is 6.07 Å². The van der Waals surface area contributed by atoms with Gasteiger partial charge < -0.3 is 19.6 Å². The summed E-state index contributed by atoms with van der Waals surface area (Å²) < 4.78 is 5.66. The van der Waals surface area contributed by atoms with Crippen LogP contribution in [0.25, 0.3) is 11.1 Å². The number of carbonyl (C=O) groups is 1. The van der Waals surface area contributed by atoms with Crippen LogP contribution in [0.4, 0.5) is 0 Å². The summed E-state index contributed by atoms with van der Waals surface area (Å²) in [5.41, 5.74) is 8.15. The Morgan fingerprint density at radius 1 is 1.13 bits per heavy atom. The van der Waals surface area contributed by atoms with Gasteiger partial charge in [0, 0.05) is 49.4 Å². The predicted molar refractivity (Wildman–Crippen MR) is 151 cm³/mol. The molecule has 1 unspecified atom stereocenters. The molecule has 4 rings (SSSR count). The van der Waals surface area contributed by atoms with E-state index in [1.165, 1.54) is 6.20 Å². The minimum absolute atomic E-state index is 0.0249. The van der Waals surface area contributed by atoms with E-state index >= 15 is 0 Å². The van der Waals surface area contributed by atoms with Crippen LogP contribution >= 0.6 is 0 Å². The second-order valence-corrected chi connectivity index (χ2v) is 10.2. The zero-order valence-electron chi connectivity index (χ0n) is 23.5. The van der Waals surface area contributed by atoms with Crippen molar-refractivity contribution in [3.63, 3.8) is 0 Å². The van der Waals surface area contributed by atoms with Crippen LogP contribution in [0.1, 0.15) is 63.9 Å². The fraction of sp³-hybridized carbons (Fsp3) is 0.419. The van der Waals surface area contributed by atoms with Gasteiger partial charge in [-0.15, -0.1) is 0 Å². The molecule has 3 aromatic rings. The van der Waals surface area contributed by atoms with Crippen LogP contribution in [-0.4, -0.2) is 70.7 Å². The Morgan fingerprint density at radius 2 is 1.90 bits per heavy atom. The highest BCUT2D eigenvalue weighted by molar-refractivity contribution is 5.99. The zero-order valence-corrected chi connectivity index (χ0v) is 23.5. The van der Waals surface area contributed by atoms with Crippen molar-refractivity contribution < 1.29 is 14.6 Å². The first-order valence-electron chi connectivity index (χ1n) is 13.5. The first-order valence-corrected chi connectivity index (χ1v) is 13.5. The Hall–Kier alpha value is -3.80. The Labute approximate surface area is 230 Å². The number of carbonyl (C=O) groups excluding carboxylic acids is 1. The van der Waals surface area contributed by atoms with Crippen LogP contribution in [0.3, 0.4) is 0 Å². The summed E-state index contributed by atoms with van der Waals surface area (Å²) in [6.45, 7) is 10.4. The number of ether oxygens (including phenoxy) is 1. The Morgan fingerprint density at radius 3 is 2.62 bits per heavy atom. The number of nitrogens with zero attached hydrogens (tertiary/aromatic N) is 5. The number of benzene rings is 1. The van der Waals surface area contributed by atoms with Gasteiger partial charge in [-0.2, -0.15) is 5.26 Å². The van der Waals surface area contributed by atoms with E-state index in [-0.39, 0.29) is 18.6 Å². The molecule has 0 radical (unpaired) electrons. The number of rotatable bonds is 10. The maximum atomic E-state index is 14.1. The lowest BCUT2D eigenvalue weighted by atomic mass is 9.86. The third kappa shape index (κ3) is 6.11. The van der Waals surface area contributed by atoms with Gasteiger partial charge in [-0.3, -0.25) is 14.8 Å². The van der Waals surface area contributed by atoms with Crippen LogP contribution in [-0.2, 0) is 12.8 Å². The number of hydrogen-bond donors (Lipinski definition) is 1. The van der Waals surface area contributed by atoms with Gasteiger partial charge in [0.2, 0.25) is 0 Å². The number of aryl methyl sites for hydroxylation is 2. The number of aromatic nitrogens is 2. The smallest absolute Gasteiger partial charge is 0.254 e. The zero-order chi connectivity index (χ0) is 28.1. The van der Waals surface area contributed by atoms with Crippen LogP contribution in [0, 0.1) is 25.2 Å². The number of hydrogen-bond acceptors (Lipinski definition) is 7. The van der Waals surface area contributed by atoms with E-state index < -0.39 is 0 Å². The molecule has 1 amide bonds. The van der Waals surface area contributed by atoms with E-state index in [1.807, 2.05) is 45.0 Å². The quantitative estimate of drug-likeness (QED) is 0.420. The van der Waals surface area contributed by atoms with Crippen molar-refractivity contribution in [3.05, 3.63) is 75.9 Å². The summed E-state index contributed by atoms with van der Waals surface area (Å²) >= 11 is 0. The third-order valence-corrected chi connectivity index (χ3v) is 7.40. The summed E-state index contributed by atoms with van der Waals surface area (Å²) in [4.78, 5) is 27.0. The van der Waals surface area contributed by atoms with Gasteiger partial charge in [0.05, 0.1) is 24.9 Å². The topological polar surface area (TPSA) is 103 Å². The lowest BCUT2D eigenvalue weighted by molar-refractivity contribution is 0.0669. The first-order chi connectivity index (χ1) is 18.8. The second kappa shape index (κ2) is 12.4. The molecule has 0 aliphatic carbocycles. The van der Waals surface area contributed by atoms with E-state index in [9.17, 15) is 15.2 Å². The number of likely N-dealkylation sites (N-methyl/N-ethyl adjacent to an activating group) is 1. The highest BCUT2D eigenvalue weighted by atomic mass is 16.5. The van der Waals surface area contributed by atoms with Crippen molar-refractivity contribution in [1.82, 2.24) is 19.8 Å². The number of aliphatic hydroxyl groups is 1. The van der Waals surface area contributed by atoms with E-state index in [4.69, 9.17) is 4.74 Å². The molecule has 8 nitrogen and oxygen atoms in total. The molecule has 8 heteroatoms. The van der Waals surface area contributed by atoms with Gasteiger partial charge in [-0.1, -0.05) is 6.07 Å². The van der Waals surface area contributed by atoms with E-state index in [0.717, 1.165) is 58.5 Å². The predicted octanol–water partition coefficient (Wildman–Crippen LogP) is 4.26. The standard InChI is InChI=1S/C31H37N5O3/c1-6-39-30-16-29(34-19-24(30)17-32)22(4)36-10-8-25-27(26-13-21(3)33-18-20(26)2)14-23(15-28(25)31(36)38)7-9-35(5)11-12-37/h13-16,18-19,22,37H,6-12H2,1-5H3. The molecule has 0 saturated heterocycles. The fourth-order valence-corrected chi connectivity index (χ4v) is 5.15. The normalized spacial score (nSPS) is 13.8. The maximum Gasteiger partial charge on any atom is 0.254 e. The molecule has 1 aromatic carbocycles. The van der Waals surface area contributed by atoms with Crippen molar-refractivity contribution in [1.29, 1.82) is 5.26 Å². The number of aliphatic hydroxyl groups excluding tert-OH is 1. The largest absolute Gasteiger partial charge is 0.492 e. The van der Waals surface area contributed by atoms with Crippen molar-refractivity contribution in [3.8, 4) is 22.9 Å². The van der Waals surface area contributed by atoms with Gasteiger partial charge in [0.25, 0.3) is 5.91 Å². The molecule has 1 N–H and O–H groups in total. The molecule has 1 aliphatic heterocycles. The highest BCUT2D eigenvalue weighted by Gasteiger charge is 2.32. The number of pyridine rings is 2. The molecule has 0 fully saturated rings. The average molecular weight is 528 g/mol. The van der Waals surface area contributed by atoms with Crippen LogP contribution < -0.4 is 4.74 Å². The SMILES string of the molecule is CCOc1cc(C(C)N2CCc3c(cc(CCN(C)CCO)cc3-c3cc(C)ncc3C)C2=O)ncc1C#N. The number of fused-ring (bicyclic) bond motifs is 1. The number of nitriles is 1. The van der Waals surface area contributed by atoms with Gasteiger partial charge in [0.1, 0.15) is 17.4 Å². The lowest BCUT2D eigenvalue weighted by Gasteiger charge is -2.35. The van der Waals surface area contributed by atoms with Crippen LogP contribution in [0.15, 0.2) is 36.7 Å². The molecule has 0 spiro atoms. The summed E-state index contributed by atoms with van der Waals surface area (Å²) in [6, 6.07) is 9.96. The Balaban J connectivity index is 1.74. The molecular weight excluding hydrogens is 490 g/mol. The average Bonchev–Trinajstić information content (AvgIpc) is 2.93. The lowest BCUT2D eigenvalue weighted by Crippen LogP contribution is -2.40. The molecule has 2 aromatic heterocycles. The van der Waals surface area contributed by atoms with Crippen LogP contribution in [0.2, 0.25) is 0 Å². The minimum atomic E-state index is -0.287. The van der Waals surface area contributed by atoms with E-state index in [2.05, 4.69) is 40.0 Å². The van der Waals surface area contributed by atoms with E-state index in [0.29, 0.717) is 36.7 Å². The van der Waals surface area contributed by atoms with Gasteiger partial charge in [-0.25, -0.2) is 0 Å². The summed E-state index contributed by atoms with van der Waals surface area (Å²) in [7, 11) is 1.99. The Bertz CT molecular complexity index is 1400. The number of amides is 1. The monoisotopic (exact) mass is 527 g/mol. The molecule has 1 atom stereocenters. The minimum Gasteiger partial charge on any atom is -0.492 e. The van der Waals surface area contributed by atoms with Gasteiger partial charge in [-0.05, 0) is 87.5 Å². The summed E-state index contributed by atoms with van der Waals surface area (Å²) in [5, 5.41) is 18.7.